The first-order chi connectivity index (χ1) is 11.1. The summed E-state index contributed by atoms with van der Waals surface area (Å²) in [5, 5.41) is 0.502. The number of pyridine rings is 1. The normalized spacial score (nSPS) is 11.0. The van der Waals surface area contributed by atoms with Crippen LogP contribution in [-0.4, -0.2) is 21.6 Å². The molecule has 3 aromatic rings. The van der Waals surface area contributed by atoms with E-state index in [0.717, 1.165) is 11.4 Å². The summed E-state index contributed by atoms with van der Waals surface area (Å²) in [5.74, 6) is 0.622. The van der Waals surface area contributed by atoms with Crippen LogP contribution in [0.3, 0.4) is 0 Å². The Hall–Kier alpha value is -2.47. The van der Waals surface area contributed by atoms with Crippen LogP contribution < -0.4 is 4.74 Å². The molecule has 4 nitrogen and oxygen atoms in total. The Morgan fingerprint density at radius 1 is 1.22 bits per heavy atom. The Bertz CT molecular complexity index is 794. The second-order valence-electron chi connectivity index (χ2n) is 4.80. The lowest BCUT2D eigenvalue weighted by Crippen LogP contribution is -2.06. The lowest BCUT2D eigenvalue weighted by atomic mass is 10.0. The number of rotatable bonds is 5. The van der Waals surface area contributed by atoms with Crippen molar-refractivity contribution in [3.8, 4) is 17.0 Å². The van der Waals surface area contributed by atoms with Gasteiger partial charge in [-0.05, 0) is 29.3 Å². The zero-order chi connectivity index (χ0) is 16.2. The first-order valence-corrected chi connectivity index (χ1v) is 7.17. The number of benzene rings is 1. The molecule has 0 spiro atoms. The van der Waals surface area contributed by atoms with E-state index in [9.17, 15) is 8.78 Å². The van der Waals surface area contributed by atoms with Crippen molar-refractivity contribution in [3.05, 3.63) is 65.3 Å². The molecule has 0 radical (unpaired) electrons. The van der Waals surface area contributed by atoms with E-state index >= 15 is 0 Å². The maximum Gasteiger partial charge on any atom is 0.388 e. The molecule has 118 valence electrons. The second kappa shape index (κ2) is 6.75. The smallest absolute Gasteiger partial charge is 0.388 e. The maximum atomic E-state index is 12.6. The highest BCUT2D eigenvalue weighted by atomic mass is 35.5. The summed E-state index contributed by atoms with van der Waals surface area (Å²) < 4.78 is 29.7. The van der Waals surface area contributed by atoms with E-state index in [1.165, 1.54) is 6.20 Å². The number of nitrogens with one attached hydrogen (secondary N) is 1. The van der Waals surface area contributed by atoms with Crippen molar-refractivity contribution >= 4 is 11.6 Å². The number of halogens is 3. The van der Waals surface area contributed by atoms with Crippen molar-refractivity contribution in [2.45, 2.75) is 13.0 Å². The van der Waals surface area contributed by atoms with Crippen LogP contribution in [0, 0.1) is 0 Å². The van der Waals surface area contributed by atoms with Gasteiger partial charge in [0.1, 0.15) is 5.82 Å². The van der Waals surface area contributed by atoms with Gasteiger partial charge in [0.25, 0.3) is 0 Å². The van der Waals surface area contributed by atoms with Crippen molar-refractivity contribution < 1.29 is 13.5 Å². The molecular formula is C16H12ClF2N3O. The molecule has 1 aromatic carbocycles. The van der Waals surface area contributed by atoms with Gasteiger partial charge < -0.3 is 9.72 Å². The van der Waals surface area contributed by atoms with E-state index in [-0.39, 0.29) is 5.88 Å². The predicted molar refractivity (Wildman–Crippen MR) is 82.7 cm³/mol. The van der Waals surface area contributed by atoms with Gasteiger partial charge in [0.2, 0.25) is 5.88 Å². The summed E-state index contributed by atoms with van der Waals surface area (Å²) >= 11 is 5.98. The standard InChI is InChI=1S/C16H12ClF2N3O/c17-12-3-1-2-11(8-12)13-6-10(7-14-20-4-5-21-14)9-22-15(13)23-16(18)19/h1-6,8-9,16H,7H2,(H,20,21). The number of H-pyrrole nitrogens is 1. The van der Waals surface area contributed by atoms with Crippen molar-refractivity contribution in [3.63, 3.8) is 0 Å². The third-order valence-corrected chi connectivity index (χ3v) is 3.41. The molecule has 7 heteroatoms. The number of aromatic nitrogens is 3. The Morgan fingerprint density at radius 3 is 2.78 bits per heavy atom. The second-order valence-corrected chi connectivity index (χ2v) is 5.23. The van der Waals surface area contributed by atoms with Gasteiger partial charge in [0.15, 0.2) is 0 Å². The Labute approximate surface area is 136 Å². The van der Waals surface area contributed by atoms with Crippen molar-refractivity contribution in [2.24, 2.45) is 0 Å². The highest BCUT2D eigenvalue weighted by Gasteiger charge is 2.14. The fourth-order valence-corrected chi connectivity index (χ4v) is 2.41. The van der Waals surface area contributed by atoms with E-state index in [0.29, 0.717) is 22.6 Å². The molecule has 3 rings (SSSR count). The number of hydrogen-bond donors (Lipinski definition) is 1. The van der Waals surface area contributed by atoms with Crippen molar-refractivity contribution in [2.75, 3.05) is 0 Å². The molecule has 0 saturated heterocycles. The van der Waals surface area contributed by atoms with Crippen LogP contribution in [0.4, 0.5) is 8.78 Å². The van der Waals surface area contributed by atoms with Gasteiger partial charge in [-0.3, -0.25) is 0 Å². The van der Waals surface area contributed by atoms with E-state index in [1.54, 1.807) is 42.7 Å². The van der Waals surface area contributed by atoms with Gasteiger partial charge in [-0.1, -0.05) is 23.7 Å². The average Bonchev–Trinajstić information content (AvgIpc) is 3.01. The van der Waals surface area contributed by atoms with Crippen LogP contribution in [0.2, 0.25) is 5.02 Å². The third kappa shape index (κ3) is 3.84. The summed E-state index contributed by atoms with van der Waals surface area (Å²) in [6, 6.07) is 8.63. The number of ether oxygens (including phenoxy) is 1. The first kappa shape index (κ1) is 15.4. The minimum absolute atomic E-state index is 0.134. The maximum absolute atomic E-state index is 12.6. The zero-order valence-corrected chi connectivity index (χ0v) is 12.6. The Balaban J connectivity index is 2.01. The van der Waals surface area contributed by atoms with Crippen LogP contribution in [0.15, 0.2) is 48.9 Å². The summed E-state index contributed by atoms with van der Waals surface area (Å²) in [7, 11) is 0. The molecule has 0 fully saturated rings. The van der Waals surface area contributed by atoms with Gasteiger partial charge >= 0.3 is 6.61 Å². The minimum atomic E-state index is -2.95. The molecular weight excluding hydrogens is 324 g/mol. The summed E-state index contributed by atoms with van der Waals surface area (Å²) in [5.41, 5.74) is 1.93. The molecule has 0 aliphatic carbocycles. The topological polar surface area (TPSA) is 50.8 Å². The largest absolute Gasteiger partial charge is 0.416 e. The molecule has 0 bridgehead atoms. The summed E-state index contributed by atoms with van der Waals surface area (Å²) in [6.07, 6.45) is 5.36. The number of hydrogen-bond acceptors (Lipinski definition) is 3. The molecule has 0 unspecified atom stereocenters. The van der Waals surface area contributed by atoms with Crippen LogP contribution in [0.25, 0.3) is 11.1 Å². The molecule has 23 heavy (non-hydrogen) atoms. The molecule has 0 amide bonds. The zero-order valence-electron chi connectivity index (χ0n) is 11.8. The SMILES string of the molecule is FC(F)Oc1ncc(Cc2ncc[nH]2)cc1-c1cccc(Cl)c1. The molecule has 2 aromatic heterocycles. The van der Waals surface area contributed by atoms with E-state index in [1.807, 2.05) is 0 Å². The Kier molecular flexibility index (Phi) is 4.52. The fraction of sp³-hybridized carbons (Fsp3) is 0.125. The minimum Gasteiger partial charge on any atom is -0.416 e. The average molecular weight is 336 g/mol. The predicted octanol–water partition coefficient (Wildman–Crippen LogP) is 4.32. The number of imidazole rings is 1. The van der Waals surface area contributed by atoms with Gasteiger partial charge in [0, 0.05) is 35.6 Å². The first-order valence-electron chi connectivity index (χ1n) is 6.80. The van der Waals surface area contributed by atoms with Gasteiger partial charge in [0.05, 0.1) is 0 Å². The van der Waals surface area contributed by atoms with Crippen molar-refractivity contribution in [1.82, 2.24) is 15.0 Å². The van der Waals surface area contributed by atoms with E-state index < -0.39 is 6.61 Å². The highest BCUT2D eigenvalue weighted by molar-refractivity contribution is 6.30. The quantitative estimate of drug-likeness (QED) is 0.755. The van der Waals surface area contributed by atoms with E-state index in [4.69, 9.17) is 11.6 Å². The van der Waals surface area contributed by atoms with Crippen LogP contribution in [0.1, 0.15) is 11.4 Å². The van der Waals surface area contributed by atoms with E-state index in [2.05, 4.69) is 19.7 Å². The lowest BCUT2D eigenvalue weighted by molar-refractivity contribution is -0.0524. The van der Waals surface area contributed by atoms with Crippen molar-refractivity contribution in [1.29, 1.82) is 0 Å². The van der Waals surface area contributed by atoms with Gasteiger partial charge in [-0.25, -0.2) is 9.97 Å². The van der Waals surface area contributed by atoms with Gasteiger partial charge in [-0.15, -0.1) is 0 Å². The third-order valence-electron chi connectivity index (χ3n) is 3.17. The summed E-state index contributed by atoms with van der Waals surface area (Å²) in [4.78, 5) is 11.2. The summed E-state index contributed by atoms with van der Waals surface area (Å²) in [6.45, 7) is -2.95. The molecule has 2 heterocycles. The molecule has 0 aliphatic rings. The fourth-order valence-electron chi connectivity index (χ4n) is 2.22. The molecule has 0 aliphatic heterocycles. The van der Waals surface area contributed by atoms with Gasteiger partial charge in [-0.2, -0.15) is 8.78 Å². The number of alkyl halides is 2. The van der Waals surface area contributed by atoms with Crippen LogP contribution in [0.5, 0.6) is 5.88 Å². The highest BCUT2D eigenvalue weighted by Crippen LogP contribution is 2.32. The molecule has 1 N–H and O–H groups in total. The monoisotopic (exact) mass is 335 g/mol. The number of aromatic amines is 1. The Morgan fingerprint density at radius 2 is 2.09 bits per heavy atom. The van der Waals surface area contributed by atoms with Crippen LogP contribution in [-0.2, 0) is 6.42 Å². The molecule has 0 atom stereocenters. The number of nitrogens with zero attached hydrogens (tertiary/aromatic N) is 2. The lowest BCUT2D eigenvalue weighted by Gasteiger charge is -2.11. The van der Waals surface area contributed by atoms with Crippen LogP contribution >= 0.6 is 11.6 Å². The molecule has 0 saturated carbocycles.